The number of ether oxygens (including phenoxy) is 1. The lowest BCUT2D eigenvalue weighted by molar-refractivity contribution is 0.00588. The summed E-state index contributed by atoms with van der Waals surface area (Å²) < 4.78 is 31.0. The maximum atomic E-state index is 12.7. The van der Waals surface area contributed by atoms with Gasteiger partial charge in [0.15, 0.2) is 5.78 Å². The molecule has 3 rings (SSSR count). The van der Waals surface area contributed by atoms with Crippen LogP contribution in [-0.2, 0) is 10.0 Å². The highest BCUT2D eigenvalue weighted by molar-refractivity contribution is 7.88. The van der Waals surface area contributed by atoms with Crippen LogP contribution < -0.4 is 4.74 Å². The van der Waals surface area contributed by atoms with Gasteiger partial charge >= 0.3 is 0 Å². The molecule has 0 radical (unpaired) electrons. The monoisotopic (exact) mass is 357 g/mol. The second kappa shape index (κ2) is 5.46. The number of sulfonamides is 1. The van der Waals surface area contributed by atoms with Gasteiger partial charge in [-0.1, -0.05) is 11.6 Å². The quantitative estimate of drug-likeness (QED) is 0.775. The predicted molar refractivity (Wildman–Crippen MR) is 88.9 cm³/mol. The molecule has 126 valence electrons. The number of fused-ring (bicyclic) bond motifs is 1. The molecule has 1 fully saturated rings. The van der Waals surface area contributed by atoms with E-state index in [0.717, 1.165) is 11.1 Å². The molecule has 7 heteroatoms. The van der Waals surface area contributed by atoms with Gasteiger partial charge in [-0.3, -0.25) is 4.79 Å². The third kappa shape index (κ3) is 2.88. The smallest absolute Gasteiger partial charge is 0.211 e. The molecule has 1 spiro atoms. The summed E-state index contributed by atoms with van der Waals surface area (Å²) in [6.07, 6.45) is 2.53. The van der Waals surface area contributed by atoms with Crippen molar-refractivity contribution in [1.29, 1.82) is 0 Å². The van der Waals surface area contributed by atoms with Gasteiger partial charge in [-0.05, 0) is 31.0 Å². The van der Waals surface area contributed by atoms with Crippen LogP contribution in [0.2, 0.25) is 5.02 Å². The maximum absolute atomic E-state index is 12.7. The summed E-state index contributed by atoms with van der Waals surface area (Å²) in [5.74, 6) is 0.604. The van der Waals surface area contributed by atoms with Crippen LogP contribution in [0, 0.1) is 13.8 Å². The highest BCUT2D eigenvalue weighted by Gasteiger charge is 2.45. The fourth-order valence-electron chi connectivity index (χ4n) is 3.50. The van der Waals surface area contributed by atoms with Crippen molar-refractivity contribution in [1.82, 2.24) is 4.31 Å². The molecule has 0 N–H and O–H groups in total. The Bertz CT molecular complexity index is 780. The largest absolute Gasteiger partial charge is 0.486 e. The highest BCUT2D eigenvalue weighted by atomic mass is 35.5. The van der Waals surface area contributed by atoms with E-state index in [4.69, 9.17) is 16.3 Å². The standard InChI is InChI=1S/C16H20ClNO4S/c1-10-8-13-14(11(2)15(10)17)12(19)9-16(22-13)4-6-18(7-5-16)23(3,20)21/h8H,4-7,9H2,1-3H3. The Balaban J connectivity index is 1.92. The fourth-order valence-corrected chi connectivity index (χ4v) is 4.50. The molecular formula is C16H20ClNO4S. The number of aryl methyl sites for hydroxylation is 1. The van der Waals surface area contributed by atoms with Gasteiger partial charge in [0.05, 0.1) is 18.2 Å². The fraction of sp³-hybridized carbons (Fsp3) is 0.562. The molecule has 0 bridgehead atoms. The van der Waals surface area contributed by atoms with Gasteiger partial charge in [0.1, 0.15) is 11.4 Å². The van der Waals surface area contributed by atoms with Crippen molar-refractivity contribution in [3.8, 4) is 5.75 Å². The van der Waals surface area contributed by atoms with Crippen LogP contribution in [0.25, 0.3) is 0 Å². The molecule has 1 aromatic carbocycles. The zero-order chi connectivity index (χ0) is 17.0. The number of carbonyl (C=O) groups is 1. The lowest BCUT2D eigenvalue weighted by Gasteiger charge is -2.43. The Morgan fingerprint density at radius 1 is 1.26 bits per heavy atom. The third-order valence-electron chi connectivity index (χ3n) is 4.84. The minimum Gasteiger partial charge on any atom is -0.486 e. The zero-order valence-electron chi connectivity index (χ0n) is 13.5. The summed E-state index contributed by atoms with van der Waals surface area (Å²) in [6, 6.07) is 1.81. The third-order valence-corrected chi connectivity index (χ3v) is 6.72. The van der Waals surface area contributed by atoms with E-state index in [0.29, 0.717) is 42.3 Å². The van der Waals surface area contributed by atoms with Gasteiger partial charge in [-0.25, -0.2) is 12.7 Å². The van der Waals surface area contributed by atoms with Crippen molar-refractivity contribution in [2.24, 2.45) is 0 Å². The summed E-state index contributed by atoms with van der Waals surface area (Å²) in [7, 11) is -3.20. The first-order valence-corrected chi connectivity index (χ1v) is 9.83. The summed E-state index contributed by atoms with van der Waals surface area (Å²) in [4.78, 5) is 12.7. The number of rotatable bonds is 1. The van der Waals surface area contributed by atoms with Gasteiger partial charge in [-0.2, -0.15) is 0 Å². The second-order valence-electron chi connectivity index (χ2n) is 6.55. The second-order valence-corrected chi connectivity index (χ2v) is 8.91. The molecule has 0 atom stereocenters. The van der Waals surface area contributed by atoms with Gasteiger partial charge < -0.3 is 4.74 Å². The van der Waals surface area contributed by atoms with Crippen molar-refractivity contribution in [2.75, 3.05) is 19.3 Å². The zero-order valence-corrected chi connectivity index (χ0v) is 15.1. The number of Topliss-reactive ketones (excluding diaryl/α,β-unsaturated/α-hetero) is 1. The van der Waals surface area contributed by atoms with E-state index < -0.39 is 15.6 Å². The molecule has 2 heterocycles. The minimum atomic E-state index is -3.20. The molecular weight excluding hydrogens is 338 g/mol. The lowest BCUT2D eigenvalue weighted by atomic mass is 9.82. The van der Waals surface area contributed by atoms with Crippen molar-refractivity contribution >= 4 is 27.4 Å². The number of hydrogen-bond acceptors (Lipinski definition) is 4. The summed E-state index contributed by atoms with van der Waals surface area (Å²) >= 11 is 6.25. The molecule has 5 nitrogen and oxygen atoms in total. The number of piperidine rings is 1. The van der Waals surface area contributed by atoms with Gasteiger partial charge in [0.2, 0.25) is 10.0 Å². The van der Waals surface area contributed by atoms with Gasteiger partial charge in [-0.15, -0.1) is 0 Å². The Labute approximate surface area is 141 Å². The van der Waals surface area contributed by atoms with E-state index in [2.05, 4.69) is 0 Å². The molecule has 0 amide bonds. The van der Waals surface area contributed by atoms with Gasteiger partial charge in [0.25, 0.3) is 0 Å². The molecule has 0 aliphatic carbocycles. The first kappa shape index (κ1) is 16.7. The summed E-state index contributed by atoms with van der Waals surface area (Å²) in [6.45, 7) is 4.48. The number of hydrogen-bond donors (Lipinski definition) is 0. The molecule has 1 saturated heterocycles. The first-order valence-electron chi connectivity index (χ1n) is 7.60. The topological polar surface area (TPSA) is 63.7 Å². The molecule has 2 aliphatic rings. The maximum Gasteiger partial charge on any atom is 0.211 e. The van der Waals surface area contributed by atoms with Crippen LogP contribution in [0.4, 0.5) is 0 Å². The molecule has 2 aliphatic heterocycles. The van der Waals surface area contributed by atoms with Gasteiger partial charge in [0, 0.05) is 31.0 Å². The highest BCUT2D eigenvalue weighted by Crippen LogP contribution is 2.43. The lowest BCUT2D eigenvalue weighted by Crippen LogP contribution is -2.52. The Morgan fingerprint density at radius 2 is 1.87 bits per heavy atom. The van der Waals surface area contributed by atoms with Crippen molar-refractivity contribution in [3.63, 3.8) is 0 Å². The Morgan fingerprint density at radius 3 is 2.43 bits per heavy atom. The van der Waals surface area contributed by atoms with Crippen molar-refractivity contribution in [2.45, 2.75) is 38.7 Å². The average Bonchev–Trinajstić information content (AvgIpc) is 2.43. The normalized spacial score (nSPS) is 21.1. The Kier molecular flexibility index (Phi) is 3.98. The van der Waals surface area contributed by atoms with Crippen LogP contribution in [0.5, 0.6) is 5.75 Å². The van der Waals surface area contributed by atoms with Crippen LogP contribution in [0.1, 0.15) is 40.7 Å². The van der Waals surface area contributed by atoms with Crippen molar-refractivity contribution < 1.29 is 17.9 Å². The van der Waals surface area contributed by atoms with E-state index >= 15 is 0 Å². The van der Waals surface area contributed by atoms with E-state index in [1.54, 1.807) is 0 Å². The van der Waals surface area contributed by atoms with Crippen LogP contribution in [0.3, 0.4) is 0 Å². The van der Waals surface area contributed by atoms with E-state index in [9.17, 15) is 13.2 Å². The predicted octanol–water partition coefficient (Wildman–Crippen LogP) is 2.72. The molecule has 23 heavy (non-hydrogen) atoms. The SMILES string of the molecule is Cc1cc2c(c(C)c1Cl)C(=O)CC1(CCN(S(C)(=O)=O)CC1)O2. The number of carbonyl (C=O) groups excluding carboxylic acids is 1. The van der Waals surface area contributed by atoms with Crippen molar-refractivity contribution in [3.05, 3.63) is 27.8 Å². The number of nitrogens with zero attached hydrogens (tertiary/aromatic N) is 1. The molecule has 0 unspecified atom stereocenters. The van der Waals surface area contributed by atoms with Crippen LogP contribution in [0.15, 0.2) is 6.07 Å². The molecule has 0 saturated carbocycles. The minimum absolute atomic E-state index is 0.0263. The summed E-state index contributed by atoms with van der Waals surface area (Å²) in [5.41, 5.74) is 1.60. The van der Waals surface area contributed by atoms with Crippen LogP contribution >= 0.6 is 11.6 Å². The molecule has 1 aromatic rings. The van der Waals surface area contributed by atoms with E-state index in [-0.39, 0.29) is 12.2 Å². The Hall–Kier alpha value is -1.11. The van der Waals surface area contributed by atoms with E-state index in [1.807, 2.05) is 19.9 Å². The number of halogens is 1. The first-order chi connectivity index (χ1) is 10.6. The summed E-state index contributed by atoms with van der Waals surface area (Å²) in [5, 5.41) is 0.601. The number of benzene rings is 1. The van der Waals surface area contributed by atoms with E-state index in [1.165, 1.54) is 10.6 Å². The average molecular weight is 358 g/mol. The number of ketones is 1. The molecule has 0 aromatic heterocycles. The van der Waals surface area contributed by atoms with Crippen LogP contribution in [-0.4, -0.2) is 43.5 Å².